The number of nitrogens with one attached hydrogen (secondary N) is 1. The molecular weight excluding hydrogens is 268 g/mol. The van der Waals surface area contributed by atoms with Crippen molar-refractivity contribution in [3.63, 3.8) is 0 Å². The van der Waals surface area contributed by atoms with Crippen molar-refractivity contribution in [1.29, 1.82) is 0 Å². The molecule has 1 aromatic rings. The van der Waals surface area contributed by atoms with Crippen LogP contribution >= 0.6 is 11.8 Å². The maximum atomic E-state index is 5.77. The van der Waals surface area contributed by atoms with Gasteiger partial charge in [0.15, 0.2) is 0 Å². The fourth-order valence-corrected chi connectivity index (χ4v) is 4.37. The lowest BCUT2D eigenvalue weighted by molar-refractivity contribution is 0.419. The summed E-state index contributed by atoms with van der Waals surface area (Å²) < 4.78 is 2.12. The molecule has 0 aliphatic carbocycles. The normalized spacial score (nSPS) is 21.3. The zero-order valence-corrected chi connectivity index (χ0v) is 13.5. The van der Waals surface area contributed by atoms with E-state index >= 15 is 0 Å². The Morgan fingerprint density at radius 3 is 2.85 bits per heavy atom. The summed E-state index contributed by atoms with van der Waals surface area (Å²) >= 11 is 2.06. The van der Waals surface area contributed by atoms with Crippen molar-refractivity contribution in [3.05, 3.63) is 18.0 Å². The van der Waals surface area contributed by atoms with Crippen LogP contribution < -0.4 is 11.3 Å². The predicted molar refractivity (Wildman–Crippen MR) is 86.8 cm³/mol. The van der Waals surface area contributed by atoms with Gasteiger partial charge in [-0.1, -0.05) is 20.3 Å². The highest BCUT2D eigenvalue weighted by atomic mass is 32.2. The quantitative estimate of drug-likeness (QED) is 0.600. The van der Waals surface area contributed by atoms with E-state index in [-0.39, 0.29) is 0 Å². The molecule has 2 rings (SSSR count). The van der Waals surface area contributed by atoms with Crippen LogP contribution in [0.15, 0.2) is 12.3 Å². The summed E-state index contributed by atoms with van der Waals surface area (Å²) in [5.41, 5.74) is 4.17. The third-order valence-electron chi connectivity index (χ3n) is 4.29. The molecule has 0 radical (unpaired) electrons. The third kappa shape index (κ3) is 3.99. The van der Waals surface area contributed by atoms with E-state index in [9.17, 15) is 0 Å². The van der Waals surface area contributed by atoms with Gasteiger partial charge in [0.25, 0.3) is 0 Å². The predicted octanol–water partition coefficient (Wildman–Crippen LogP) is 2.90. The summed E-state index contributed by atoms with van der Waals surface area (Å²) in [6.45, 7) is 4.44. The SMILES string of the molecule is CCC(CC)n1ccc(CC(NN)C2CCCCS2)n1. The van der Waals surface area contributed by atoms with Crippen LogP contribution in [0.4, 0.5) is 0 Å². The lowest BCUT2D eigenvalue weighted by Crippen LogP contribution is -2.45. The van der Waals surface area contributed by atoms with Crippen LogP contribution in [-0.2, 0) is 6.42 Å². The molecule has 114 valence electrons. The van der Waals surface area contributed by atoms with Crippen molar-refractivity contribution in [2.45, 2.75) is 69.7 Å². The highest BCUT2D eigenvalue weighted by Gasteiger charge is 2.24. The first kappa shape index (κ1) is 15.9. The second kappa shape index (κ2) is 8.05. The molecule has 0 bridgehead atoms. The Hall–Kier alpha value is -0.520. The number of rotatable bonds is 7. The molecule has 0 aromatic carbocycles. The van der Waals surface area contributed by atoms with Gasteiger partial charge in [0.05, 0.1) is 11.7 Å². The van der Waals surface area contributed by atoms with Gasteiger partial charge in [-0.25, -0.2) is 0 Å². The van der Waals surface area contributed by atoms with Crippen molar-refractivity contribution in [2.75, 3.05) is 5.75 Å². The van der Waals surface area contributed by atoms with E-state index in [0.717, 1.165) is 25.0 Å². The Morgan fingerprint density at radius 2 is 2.25 bits per heavy atom. The second-order valence-electron chi connectivity index (χ2n) is 5.64. The number of nitrogens with zero attached hydrogens (tertiary/aromatic N) is 2. The molecule has 0 saturated carbocycles. The van der Waals surface area contributed by atoms with E-state index in [1.165, 1.54) is 25.0 Å². The average molecular weight is 296 g/mol. The van der Waals surface area contributed by atoms with Gasteiger partial charge >= 0.3 is 0 Å². The number of hydrazine groups is 1. The average Bonchev–Trinajstić information content (AvgIpc) is 2.95. The smallest absolute Gasteiger partial charge is 0.0641 e. The summed E-state index contributed by atoms with van der Waals surface area (Å²) in [6, 6.07) is 3.01. The first-order chi connectivity index (χ1) is 9.78. The Bertz CT molecular complexity index is 383. The lowest BCUT2D eigenvalue weighted by Gasteiger charge is -2.28. The number of aromatic nitrogens is 2. The van der Waals surface area contributed by atoms with Gasteiger partial charge in [-0.15, -0.1) is 0 Å². The van der Waals surface area contributed by atoms with E-state index in [1.54, 1.807) is 0 Å². The van der Waals surface area contributed by atoms with E-state index in [2.05, 4.69) is 48.0 Å². The summed E-state index contributed by atoms with van der Waals surface area (Å²) in [5, 5.41) is 5.38. The minimum absolute atomic E-state index is 0.338. The molecule has 4 nitrogen and oxygen atoms in total. The summed E-state index contributed by atoms with van der Waals surface area (Å²) in [4.78, 5) is 0. The van der Waals surface area contributed by atoms with Crippen LogP contribution in [0.2, 0.25) is 0 Å². The number of nitrogens with two attached hydrogens (primary N) is 1. The van der Waals surface area contributed by atoms with Gasteiger partial charge in [0.1, 0.15) is 0 Å². The van der Waals surface area contributed by atoms with Crippen molar-refractivity contribution in [3.8, 4) is 0 Å². The van der Waals surface area contributed by atoms with Crippen molar-refractivity contribution >= 4 is 11.8 Å². The second-order valence-corrected chi connectivity index (χ2v) is 6.99. The fourth-order valence-electron chi connectivity index (χ4n) is 2.96. The van der Waals surface area contributed by atoms with Crippen LogP contribution in [-0.4, -0.2) is 26.8 Å². The van der Waals surface area contributed by atoms with Crippen LogP contribution in [0, 0.1) is 0 Å². The molecule has 2 heterocycles. The third-order valence-corrected chi connectivity index (χ3v) is 5.80. The molecule has 0 spiro atoms. The van der Waals surface area contributed by atoms with Crippen LogP contribution in [0.25, 0.3) is 0 Å². The first-order valence-electron chi connectivity index (χ1n) is 7.90. The van der Waals surface area contributed by atoms with E-state index in [0.29, 0.717) is 17.3 Å². The Labute approximate surface area is 126 Å². The molecule has 1 saturated heterocycles. The van der Waals surface area contributed by atoms with E-state index in [4.69, 9.17) is 10.9 Å². The van der Waals surface area contributed by atoms with Crippen LogP contribution in [0.1, 0.15) is 57.7 Å². The molecule has 2 atom stereocenters. The zero-order valence-electron chi connectivity index (χ0n) is 12.7. The standard InChI is InChI=1S/C15H28N4S/c1-3-13(4-2)19-9-8-12(18-19)11-14(17-16)15-7-5-6-10-20-15/h8-9,13-15,17H,3-7,10-11,16H2,1-2H3. The minimum Gasteiger partial charge on any atom is -0.271 e. The maximum absolute atomic E-state index is 5.77. The lowest BCUT2D eigenvalue weighted by atomic mass is 10.0. The summed E-state index contributed by atoms with van der Waals surface area (Å²) in [7, 11) is 0. The summed E-state index contributed by atoms with van der Waals surface area (Å²) in [5.74, 6) is 7.04. The van der Waals surface area contributed by atoms with Gasteiger partial charge in [-0.3, -0.25) is 16.0 Å². The van der Waals surface area contributed by atoms with E-state index < -0.39 is 0 Å². The number of hydrogen-bond acceptors (Lipinski definition) is 4. The summed E-state index contributed by atoms with van der Waals surface area (Å²) in [6.07, 6.45) is 9.27. The monoisotopic (exact) mass is 296 g/mol. The topological polar surface area (TPSA) is 55.9 Å². The molecule has 20 heavy (non-hydrogen) atoms. The largest absolute Gasteiger partial charge is 0.271 e. The zero-order chi connectivity index (χ0) is 14.4. The van der Waals surface area contributed by atoms with Crippen molar-refractivity contribution < 1.29 is 0 Å². The molecule has 1 aliphatic heterocycles. The number of hydrogen-bond donors (Lipinski definition) is 2. The molecule has 0 amide bonds. The fraction of sp³-hybridized carbons (Fsp3) is 0.800. The molecule has 1 fully saturated rings. The van der Waals surface area contributed by atoms with E-state index in [1.807, 2.05) is 0 Å². The first-order valence-corrected chi connectivity index (χ1v) is 8.95. The molecule has 2 unspecified atom stereocenters. The Kier molecular flexibility index (Phi) is 6.39. The molecular formula is C15H28N4S. The van der Waals surface area contributed by atoms with Crippen LogP contribution in [0.5, 0.6) is 0 Å². The van der Waals surface area contributed by atoms with Crippen molar-refractivity contribution in [1.82, 2.24) is 15.2 Å². The number of thioether (sulfide) groups is 1. The van der Waals surface area contributed by atoms with Gasteiger partial charge in [0, 0.05) is 23.9 Å². The highest BCUT2D eigenvalue weighted by Crippen LogP contribution is 2.28. The molecule has 1 aliphatic rings. The minimum atomic E-state index is 0.338. The van der Waals surface area contributed by atoms with Gasteiger partial charge in [0.2, 0.25) is 0 Å². The van der Waals surface area contributed by atoms with Gasteiger partial charge in [-0.05, 0) is 37.5 Å². The Balaban J connectivity index is 1.96. The molecule has 5 heteroatoms. The van der Waals surface area contributed by atoms with Gasteiger partial charge < -0.3 is 0 Å². The highest BCUT2D eigenvalue weighted by molar-refractivity contribution is 8.00. The molecule has 1 aromatic heterocycles. The molecule has 3 N–H and O–H groups in total. The maximum Gasteiger partial charge on any atom is 0.0641 e. The van der Waals surface area contributed by atoms with Gasteiger partial charge in [-0.2, -0.15) is 16.9 Å². The van der Waals surface area contributed by atoms with Crippen molar-refractivity contribution in [2.24, 2.45) is 5.84 Å². The Morgan fingerprint density at radius 1 is 1.45 bits per heavy atom. The van der Waals surface area contributed by atoms with Crippen LogP contribution in [0.3, 0.4) is 0 Å².